The van der Waals surface area contributed by atoms with Gasteiger partial charge in [-0.3, -0.25) is 4.79 Å². The fraction of sp³-hybridized carbons (Fsp3) is 0.935. The van der Waals surface area contributed by atoms with E-state index in [0.29, 0.717) is 6.42 Å². The van der Waals surface area contributed by atoms with Crippen molar-refractivity contribution in [3.05, 3.63) is 12.2 Å². The first-order chi connectivity index (χ1) is 25.1. The molecule has 0 heterocycles. The van der Waals surface area contributed by atoms with Crippen LogP contribution >= 0.6 is 0 Å². The highest BCUT2D eigenvalue weighted by atomic mass is 16.3. The van der Waals surface area contributed by atoms with Gasteiger partial charge in [0.1, 0.15) is 6.10 Å². The van der Waals surface area contributed by atoms with Gasteiger partial charge in [-0.2, -0.15) is 0 Å². The number of hydrogen-bond acceptors (Lipinski definition) is 4. The Morgan fingerprint density at radius 2 is 0.765 bits per heavy atom. The van der Waals surface area contributed by atoms with Crippen LogP contribution in [0.15, 0.2) is 12.2 Å². The fourth-order valence-corrected chi connectivity index (χ4v) is 7.25. The molecule has 3 atom stereocenters. The predicted octanol–water partition coefficient (Wildman–Crippen LogP) is 13.2. The number of aliphatic hydroxyl groups excluding tert-OH is 3. The Kier molecular flexibility index (Phi) is 41.1. The highest BCUT2D eigenvalue weighted by Crippen LogP contribution is 2.17. The van der Waals surface area contributed by atoms with Crippen LogP contribution in [0, 0.1) is 0 Å². The SMILES string of the molecule is CCCCCCCCC/C=C/C(O)C(CO)NC(=O)C(O)CCCCCCCCCCCCCCCCCCCCCCCCCCCCCC. The molecule has 0 spiro atoms. The van der Waals surface area contributed by atoms with Gasteiger partial charge in [0.05, 0.1) is 18.8 Å². The highest BCUT2D eigenvalue weighted by Gasteiger charge is 2.22. The fourth-order valence-electron chi connectivity index (χ4n) is 7.25. The largest absolute Gasteiger partial charge is 0.394 e. The van der Waals surface area contributed by atoms with Crippen molar-refractivity contribution in [3.8, 4) is 0 Å². The van der Waals surface area contributed by atoms with Crippen molar-refractivity contribution in [1.82, 2.24) is 5.32 Å². The first-order valence-electron chi connectivity index (χ1n) is 23.0. The van der Waals surface area contributed by atoms with Gasteiger partial charge in [-0.05, 0) is 19.3 Å². The maximum atomic E-state index is 12.4. The molecule has 0 radical (unpaired) electrons. The van der Waals surface area contributed by atoms with Crippen molar-refractivity contribution in [2.75, 3.05) is 6.61 Å². The molecule has 0 fully saturated rings. The summed E-state index contributed by atoms with van der Waals surface area (Å²) >= 11 is 0. The topological polar surface area (TPSA) is 89.8 Å². The molecule has 304 valence electrons. The molecule has 4 N–H and O–H groups in total. The van der Waals surface area contributed by atoms with Crippen LogP contribution in [-0.4, -0.2) is 46.1 Å². The summed E-state index contributed by atoms with van der Waals surface area (Å²) in [7, 11) is 0. The van der Waals surface area contributed by atoms with Gasteiger partial charge in [-0.15, -0.1) is 0 Å². The third-order valence-electron chi connectivity index (χ3n) is 10.9. The summed E-state index contributed by atoms with van der Waals surface area (Å²) in [4.78, 5) is 12.4. The number of aliphatic hydroxyl groups is 3. The number of nitrogens with one attached hydrogen (secondary N) is 1. The average molecular weight is 722 g/mol. The molecule has 0 aliphatic heterocycles. The smallest absolute Gasteiger partial charge is 0.249 e. The molecule has 0 aliphatic rings. The van der Waals surface area contributed by atoms with Crippen LogP contribution in [0.1, 0.15) is 251 Å². The number of unbranched alkanes of at least 4 members (excludes halogenated alkanes) is 34. The molecule has 0 aromatic rings. The summed E-state index contributed by atoms with van der Waals surface area (Å²) in [6.07, 6.45) is 49.9. The molecule has 0 aliphatic carbocycles. The second-order valence-electron chi connectivity index (χ2n) is 16.0. The van der Waals surface area contributed by atoms with E-state index in [9.17, 15) is 20.1 Å². The van der Waals surface area contributed by atoms with Crippen LogP contribution in [0.4, 0.5) is 0 Å². The van der Waals surface area contributed by atoms with Crippen molar-refractivity contribution in [2.45, 2.75) is 270 Å². The van der Waals surface area contributed by atoms with E-state index in [0.717, 1.165) is 32.1 Å². The molecule has 0 aromatic heterocycles. The molecule has 5 heteroatoms. The summed E-state index contributed by atoms with van der Waals surface area (Å²) in [5.74, 6) is -0.501. The van der Waals surface area contributed by atoms with Crippen LogP contribution in [0.2, 0.25) is 0 Å². The summed E-state index contributed by atoms with van der Waals surface area (Å²) in [6, 6.07) is -0.791. The normalized spacial score (nSPS) is 13.6. The molecular formula is C46H91NO4. The Labute approximate surface area is 319 Å². The van der Waals surface area contributed by atoms with Gasteiger partial charge in [-0.25, -0.2) is 0 Å². The Hall–Kier alpha value is -0.910. The standard InChI is InChI=1S/C46H91NO4/c1-3-5-7-9-11-13-14-15-16-17-18-19-20-21-22-23-24-25-26-27-28-29-30-31-33-35-37-39-41-45(50)46(51)47-43(42-48)44(49)40-38-36-34-32-12-10-8-6-4-2/h38,40,43-45,48-50H,3-37,39,41-42H2,1-2H3,(H,47,51)/b40-38+. The van der Waals surface area contributed by atoms with Crippen molar-refractivity contribution in [3.63, 3.8) is 0 Å². The lowest BCUT2D eigenvalue weighted by molar-refractivity contribution is -0.131. The molecule has 0 bridgehead atoms. The van der Waals surface area contributed by atoms with Gasteiger partial charge < -0.3 is 20.6 Å². The first kappa shape index (κ1) is 50.1. The Morgan fingerprint density at radius 3 is 1.08 bits per heavy atom. The van der Waals surface area contributed by atoms with Gasteiger partial charge in [0.2, 0.25) is 5.91 Å². The van der Waals surface area contributed by atoms with Crippen molar-refractivity contribution in [2.24, 2.45) is 0 Å². The molecule has 3 unspecified atom stereocenters. The second-order valence-corrected chi connectivity index (χ2v) is 16.0. The lowest BCUT2D eigenvalue weighted by atomic mass is 10.0. The Balaban J connectivity index is 3.48. The number of allylic oxidation sites excluding steroid dienone is 1. The average Bonchev–Trinajstić information content (AvgIpc) is 3.13. The minimum absolute atomic E-state index is 0.360. The van der Waals surface area contributed by atoms with E-state index in [1.165, 1.54) is 199 Å². The predicted molar refractivity (Wildman–Crippen MR) is 222 cm³/mol. The van der Waals surface area contributed by atoms with Gasteiger partial charge >= 0.3 is 0 Å². The van der Waals surface area contributed by atoms with Crippen LogP contribution in [0.3, 0.4) is 0 Å². The molecule has 1 amide bonds. The summed E-state index contributed by atoms with van der Waals surface area (Å²) in [5.41, 5.74) is 0. The minimum Gasteiger partial charge on any atom is -0.394 e. The minimum atomic E-state index is -1.09. The van der Waals surface area contributed by atoms with Gasteiger partial charge in [0, 0.05) is 0 Å². The van der Waals surface area contributed by atoms with Crippen molar-refractivity contribution >= 4 is 5.91 Å². The van der Waals surface area contributed by atoms with Crippen LogP contribution in [0.25, 0.3) is 0 Å². The zero-order valence-corrected chi connectivity index (χ0v) is 34.5. The third kappa shape index (κ3) is 37.2. The molecule has 0 saturated carbocycles. The third-order valence-corrected chi connectivity index (χ3v) is 10.9. The maximum Gasteiger partial charge on any atom is 0.249 e. The Morgan fingerprint density at radius 1 is 0.471 bits per heavy atom. The van der Waals surface area contributed by atoms with Gasteiger partial charge in [0.25, 0.3) is 0 Å². The second kappa shape index (κ2) is 41.8. The highest BCUT2D eigenvalue weighted by molar-refractivity contribution is 5.80. The van der Waals surface area contributed by atoms with E-state index in [-0.39, 0.29) is 6.61 Å². The van der Waals surface area contributed by atoms with Gasteiger partial charge in [0.15, 0.2) is 0 Å². The molecule has 51 heavy (non-hydrogen) atoms. The summed E-state index contributed by atoms with van der Waals surface area (Å²) in [5, 5.41) is 33.0. The number of amides is 1. The zero-order chi connectivity index (χ0) is 37.3. The van der Waals surface area contributed by atoms with Crippen LogP contribution in [0.5, 0.6) is 0 Å². The van der Waals surface area contributed by atoms with E-state index >= 15 is 0 Å². The number of carbonyl (C=O) groups excluding carboxylic acids is 1. The first-order valence-corrected chi connectivity index (χ1v) is 23.0. The molecule has 0 aromatic carbocycles. The van der Waals surface area contributed by atoms with Crippen molar-refractivity contribution < 1.29 is 20.1 Å². The van der Waals surface area contributed by atoms with E-state index < -0.39 is 24.2 Å². The lowest BCUT2D eigenvalue weighted by Gasteiger charge is -2.21. The van der Waals surface area contributed by atoms with E-state index in [2.05, 4.69) is 19.2 Å². The molecule has 0 saturated heterocycles. The quantitative estimate of drug-likeness (QED) is 0.0373. The van der Waals surface area contributed by atoms with Crippen molar-refractivity contribution in [1.29, 1.82) is 0 Å². The molecule has 0 rings (SSSR count). The number of rotatable bonds is 42. The van der Waals surface area contributed by atoms with E-state index in [1.54, 1.807) is 6.08 Å². The van der Waals surface area contributed by atoms with Crippen LogP contribution in [-0.2, 0) is 4.79 Å². The lowest BCUT2D eigenvalue weighted by Crippen LogP contribution is -2.48. The molecular weight excluding hydrogens is 631 g/mol. The Bertz CT molecular complexity index is 713. The summed E-state index contributed by atoms with van der Waals surface area (Å²) in [6.45, 7) is 4.16. The van der Waals surface area contributed by atoms with Gasteiger partial charge in [-0.1, -0.05) is 244 Å². The number of hydrogen-bond donors (Lipinski definition) is 4. The monoisotopic (exact) mass is 722 g/mol. The number of carbonyl (C=O) groups is 1. The summed E-state index contributed by atoms with van der Waals surface area (Å²) < 4.78 is 0. The van der Waals surface area contributed by atoms with E-state index in [1.807, 2.05) is 6.08 Å². The maximum absolute atomic E-state index is 12.4. The molecule has 5 nitrogen and oxygen atoms in total. The van der Waals surface area contributed by atoms with Crippen LogP contribution < -0.4 is 5.32 Å². The zero-order valence-electron chi connectivity index (χ0n) is 34.5. The van der Waals surface area contributed by atoms with E-state index in [4.69, 9.17) is 0 Å².